The molecule has 19 heavy (non-hydrogen) atoms. The molecule has 1 aliphatic carbocycles. The van der Waals surface area contributed by atoms with Crippen LogP contribution in [-0.2, 0) is 11.3 Å². The predicted octanol–water partition coefficient (Wildman–Crippen LogP) is 2.25. The zero-order chi connectivity index (χ0) is 13.1. The van der Waals surface area contributed by atoms with Gasteiger partial charge < -0.3 is 15.2 Å². The van der Waals surface area contributed by atoms with Gasteiger partial charge in [0.1, 0.15) is 6.10 Å². The smallest absolute Gasteiger partial charge is 0.296 e. The first-order valence-corrected chi connectivity index (χ1v) is 7.02. The molecule has 0 spiro atoms. The van der Waals surface area contributed by atoms with Crippen molar-refractivity contribution in [1.82, 2.24) is 10.2 Å². The molecule has 1 saturated carbocycles. The summed E-state index contributed by atoms with van der Waals surface area (Å²) in [6.07, 6.45) is 2.24. The third-order valence-electron chi connectivity index (χ3n) is 3.07. The number of benzene rings is 1. The molecule has 0 saturated heterocycles. The van der Waals surface area contributed by atoms with Gasteiger partial charge in [0.05, 0.1) is 12.7 Å². The molecule has 2 aromatic rings. The lowest BCUT2D eigenvalue weighted by molar-refractivity contribution is -0.0685. The van der Waals surface area contributed by atoms with Gasteiger partial charge in [-0.25, -0.2) is 0 Å². The average molecular weight is 277 g/mol. The molecule has 1 aromatic heterocycles. The van der Waals surface area contributed by atoms with Crippen LogP contribution < -0.4 is 10.5 Å². The number of nitrogen functional groups attached to an aromatic ring is 1. The maximum Gasteiger partial charge on any atom is 0.296 e. The van der Waals surface area contributed by atoms with Crippen molar-refractivity contribution in [3.63, 3.8) is 0 Å². The first-order valence-electron chi connectivity index (χ1n) is 6.21. The van der Waals surface area contributed by atoms with E-state index in [1.807, 2.05) is 18.2 Å². The molecule has 6 heteroatoms. The maximum atomic E-state index is 5.80. The summed E-state index contributed by atoms with van der Waals surface area (Å²) in [6, 6.07) is 10.2. The molecule has 0 unspecified atom stereocenters. The minimum absolute atomic E-state index is 0.174. The van der Waals surface area contributed by atoms with Crippen molar-refractivity contribution in [2.75, 3.05) is 5.73 Å². The quantitative estimate of drug-likeness (QED) is 0.907. The number of ether oxygens (including phenoxy) is 2. The Morgan fingerprint density at radius 2 is 1.95 bits per heavy atom. The Morgan fingerprint density at radius 1 is 1.16 bits per heavy atom. The van der Waals surface area contributed by atoms with E-state index in [0.717, 1.165) is 12.8 Å². The number of hydrogen-bond acceptors (Lipinski definition) is 6. The fraction of sp³-hybridized carbons (Fsp3) is 0.385. The molecule has 0 amide bonds. The van der Waals surface area contributed by atoms with Gasteiger partial charge in [-0.3, -0.25) is 0 Å². The summed E-state index contributed by atoms with van der Waals surface area (Å²) < 4.78 is 11.4. The molecule has 0 radical (unpaired) electrons. The zero-order valence-corrected chi connectivity index (χ0v) is 11.2. The Balaban J connectivity index is 1.39. The summed E-state index contributed by atoms with van der Waals surface area (Å²) in [5.74, 6) is 0. The second-order valence-electron chi connectivity index (χ2n) is 4.54. The second-order valence-corrected chi connectivity index (χ2v) is 5.51. The molecule has 1 fully saturated rings. The summed E-state index contributed by atoms with van der Waals surface area (Å²) in [4.78, 5) is 0. The highest BCUT2D eigenvalue weighted by Crippen LogP contribution is 2.30. The van der Waals surface area contributed by atoms with E-state index >= 15 is 0 Å². The van der Waals surface area contributed by atoms with Crippen LogP contribution in [-0.4, -0.2) is 22.4 Å². The number of anilines is 1. The zero-order valence-electron chi connectivity index (χ0n) is 10.4. The van der Waals surface area contributed by atoms with Crippen LogP contribution >= 0.6 is 11.3 Å². The van der Waals surface area contributed by atoms with Crippen LogP contribution in [0.2, 0.25) is 0 Å². The molecule has 1 aromatic carbocycles. The molecule has 3 rings (SSSR count). The van der Waals surface area contributed by atoms with E-state index in [9.17, 15) is 0 Å². The molecular weight excluding hydrogens is 262 g/mol. The molecule has 1 heterocycles. The molecule has 0 bridgehead atoms. The van der Waals surface area contributed by atoms with Crippen LogP contribution in [0, 0.1) is 0 Å². The summed E-state index contributed by atoms with van der Waals surface area (Å²) in [6.45, 7) is 0.657. The Morgan fingerprint density at radius 3 is 2.63 bits per heavy atom. The lowest BCUT2D eigenvalue weighted by Crippen LogP contribution is -2.39. The molecule has 100 valence electrons. The van der Waals surface area contributed by atoms with Crippen LogP contribution in [0.25, 0.3) is 0 Å². The Labute approximate surface area is 115 Å². The monoisotopic (exact) mass is 277 g/mol. The summed E-state index contributed by atoms with van der Waals surface area (Å²) in [5, 5.41) is 8.53. The molecule has 1 aliphatic rings. The van der Waals surface area contributed by atoms with Gasteiger partial charge in [0.25, 0.3) is 5.19 Å². The van der Waals surface area contributed by atoms with Gasteiger partial charge in [-0.15, -0.1) is 5.10 Å². The van der Waals surface area contributed by atoms with E-state index in [4.69, 9.17) is 15.2 Å². The maximum absolute atomic E-state index is 5.80. The predicted molar refractivity (Wildman–Crippen MR) is 73.0 cm³/mol. The Bertz CT molecular complexity index is 526. The first kappa shape index (κ1) is 12.4. The van der Waals surface area contributed by atoms with Gasteiger partial charge in [-0.2, -0.15) is 0 Å². The highest BCUT2D eigenvalue weighted by Gasteiger charge is 2.32. The van der Waals surface area contributed by atoms with E-state index in [1.54, 1.807) is 0 Å². The number of nitrogens with zero attached hydrogens (tertiary/aromatic N) is 2. The van der Waals surface area contributed by atoms with E-state index in [2.05, 4.69) is 22.3 Å². The fourth-order valence-electron chi connectivity index (χ4n) is 1.95. The summed E-state index contributed by atoms with van der Waals surface area (Å²) >= 11 is 1.27. The Kier molecular flexibility index (Phi) is 3.61. The second kappa shape index (κ2) is 5.54. The highest BCUT2D eigenvalue weighted by molar-refractivity contribution is 7.16. The van der Waals surface area contributed by atoms with Crippen LogP contribution in [0.4, 0.5) is 5.13 Å². The Hall–Kier alpha value is -1.66. The van der Waals surface area contributed by atoms with Crippen LogP contribution in [0.1, 0.15) is 18.4 Å². The number of hydrogen-bond donors (Lipinski definition) is 1. The van der Waals surface area contributed by atoms with Gasteiger partial charge in [-0.05, 0) is 16.9 Å². The fourth-order valence-corrected chi connectivity index (χ4v) is 2.48. The topological polar surface area (TPSA) is 70.3 Å². The van der Waals surface area contributed by atoms with Gasteiger partial charge >= 0.3 is 0 Å². The summed E-state index contributed by atoms with van der Waals surface area (Å²) in [5.41, 5.74) is 6.69. The minimum atomic E-state index is 0.174. The third-order valence-corrected chi connectivity index (χ3v) is 3.71. The van der Waals surface area contributed by atoms with Crippen molar-refractivity contribution in [1.29, 1.82) is 0 Å². The van der Waals surface area contributed by atoms with E-state index in [0.29, 0.717) is 16.9 Å². The summed E-state index contributed by atoms with van der Waals surface area (Å²) in [7, 11) is 0. The van der Waals surface area contributed by atoms with Crippen molar-refractivity contribution in [3.8, 4) is 5.19 Å². The SMILES string of the molecule is Nc1nnc(OC2CC(OCc3ccccc3)C2)s1. The molecular formula is C13H15N3O2S. The van der Waals surface area contributed by atoms with Gasteiger partial charge in [0.15, 0.2) is 0 Å². The lowest BCUT2D eigenvalue weighted by atomic mass is 9.92. The lowest BCUT2D eigenvalue weighted by Gasteiger charge is -2.34. The van der Waals surface area contributed by atoms with Crippen LogP contribution in [0.15, 0.2) is 30.3 Å². The standard InChI is InChI=1S/C13H15N3O2S/c14-12-15-16-13(19-12)18-11-6-10(7-11)17-8-9-4-2-1-3-5-9/h1-5,10-11H,6-8H2,(H2,14,15). The van der Waals surface area contributed by atoms with Crippen molar-refractivity contribution in [3.05, 3.63) is 35.9 Å². The minimum Gasteiger partial charge on any atom is -0.465 e. The molecule has 0 aliphatic heterocycles. The van der Waals surface area contributed by atoms with Gasteiger partial charge in [0.2, 0.25) is 5.13 Å². The van der Waals surface area contributed by atoms with Gasteiger partial charge in [-0.1, -0.05) is 35.4 Å². The highest BCUT2D eigenvalue weighted by atomic mass is 32.1. The number of rotatable bonds is 5. The number of nitrogens with two attached hydrogens (primary N) is 1. The van der Waals surface area contributed by atoms with E-state index < -0.39 is 0 Å². The van der Waals surface area contributed by atoms with Crippen molar-refractivity contribution >= 4 is 16.5 Å². The van der Waals surface area contributed by atoms with E-state index in [1.165, 1.54) is 16.9 Å². The largest absolute Gasteiger partial charge is 0.465 e. The van der Waals surface area contributed by atoms with Crippen molar-refractivity contribution in [2.45, 2.75) is 31.7 Å². The van der Waals surface area contributed by atoms with Crippen molar-refractivity contribution in [2.24, 2.45) is 0 Å². The van der Waals surface area contributed by atoms with Gasteiger partial charge in [0, 0.05) is 12.8 Å². The van der Waals surface area contributed by atoms with E-state index in [-0.39, 0.29) is 12.2 Å². The number of aromatic nitrogens is 2. The van der Waals surface area contributed by atoms with Crippen LogP contribution in [0.3, 0.4) is 0 Å². The molecule has 5 nitrogen and oxygen atoms in total. The van der Waals surface area contributed by atoms with Crippen LogP contribution in [0.5, 0.6) is 5.19 Å². The molecule has 0 atom stereocenters. The normalized spacial score (nSPS) is 21.9. The average Bonchev–Trinajstić information content (AvgIpc) is 2.79. The third kappa shape index (κ3) is 3.21. The first-order chi connectivity index (χ1) is 9.29. The molecule has 2 N–H and O–H groups in total. The van der Waals surface area contributed by atoms with Crippen molar-refractivity contribution < 1.29 is 9.47 Å².